The molecule has 2 aromatic carbocycles. The van der Waals surface area contributed by atoms with E-state index in [1.165, 1.54) is 21.9 Å². The van der Waals surface area contributed by atoms with E-state index >= 15 is 0 Å². The summed E-state index contributed by atoms with van der Waals surface area (Å²) < 4.78 is 5.57. The van der Waals surface area contributed by atoms with Crippen molar-refractivity contribution in [3.05, 3.63) is 65.2 Å². The lowest BCUT2D eigenvalue weighted by Gasteiger charge is -2.28. The van der Waals surface area contributed by atoms with Crippen molar-refractivity contribution in [2.75, 3.05) is 32.8 Å². The number of phenols is 1. The summed E-state index contributed by atoms with van der Waals surface area (Å²) in [6.07, 6.45) is 0.870. The third kappa shape index (κ3) is 5.37. The molecule has 1 saturated heterocycles. The number of likely N-dealkylation sites (N-methyl/N-ethyl adjacent to an activating group) is 1. The quantitative estimate of drug-likeness (QED) is 0.322. The van der Waals surface area contributed by atoms with Crippen molar-refractivity contribution in [1.29, 1.82) is 0 Å². The van der Waals surface area contributed by atoms with Crippen LogP contribution in [0.25, 0.3) is 5.76 Å². The number of rotatable bonds is 10. The largest absolute Gasteiger partial charge is 0.872 e. The molecule has 2 aromatic rings. The molecule has 33 heavy (non-hydrogen) atoms. The van der Waals surface area contributed by atoms with Crippen molar-refractivity contribution in [2.45, 2.75) is 33.2 Å². The first-order chi connectivity index (χ1) is 15.9. The van der Waals surface area contributed by atoms with E-state index in [9.17, 15) is 19.8 Å². The van der Waals surface area contributed by atoms with Gasteiger partial charge in [0.15, 0.2) is 0 Å². The van der Waals surface area contributed by atoms with Crippen molar-refractivity contribution < 1.29 is 29.4 Å². The molecule has 1 unspecified atom stereocenters. The van der Waals surface area contributed by atoms with Crippen LogP contribution in [0.5, 0.6) is 11.5 Å². The number of benzene rings is 2. The molecule has 0 radical (unpaired) electrons. The van der Waals surface area contributed by atoms with E-state index < -0.39 is 23.5 Å². The summed E-state index contributed by atoms with van der Waals surface area (Å²) in [5.41, 5.74) is 0.894. The standard InChI is InChI=1S/C26H32N2O5/c1-4-17-33-21-13-9-19(10-14-21)24(30)22-23(18-7-11-20(29)12-8-18)28(26(32)25(22)31)16-15-27(5-2)6-3/h7-14,23,29-30H,4-6,15-17H2,1-3H3/b24-22+. The fourth-order valence-corrected chi connectivity index (χ4v) is 4.06. The third-order valence-corrected chi connectivity index (χ3v) is 6.03. The number of carbonyl (C=O) groups is 2. The van der Waals surface area contributed by atoms with Gasteiger partial charge in [-0.2, -0.15) is 0 Å². The Morgan fingerprint density at radius 3 is 2.24 bits per heavy atom. The summed E-state index contributed by atoms with van der Waals surface area (Å²) in [5.74, 6) is -1.17. The molecule has 0 aromatic heterocycles. The van der Waals surface area contributed by atoms with E-state index in [1.807, 2.05) is 6.92 Å². The SMILES string of the molecule is CCCOc1ccc(/C([O-])=C2\C(=O)C(=O)N(CC[NH+](CC)CC)C2c2ccc(O)cc2)cc1. The van der Waals surface area contributed by atoms with Gasteiger partial charge in [0.1, 0.15) is 11.5 Å². The Kier molecular flexibility index (Phi) is 8.11. The van der Waals surface area contributed by atoms with Crippen LogP contribution in [0.4, 0.5) is 0 Å². The number of carbonyl (C=O) groups excluding carboxylic acids is 2. The van der Waals surface area contributed by atoms with Gasteiger partial charge in [0, 0.05) is 5.57 Å². The van der Waals surface area contributed by atoms with Crippen LogP contribution < -0.4 is 14.7 Å². The van der Waals surface area contributed by atoms with E-state index in [2.05, 4.69) is 13.8 Å². The first kappa shape index (κ1) is 24.3. The summed E-state index contributed by atoms with van der Waals surface area (Å²) in [7, 11) is 0. The fraction of sp³-hybridized carbons (Fsp3) is 0.385. The normalized spacial score (nSPS) is 17.7. The number of ketones is 1. The Balaban J connectivity index is 2.02. The highest BCUT2D eigenvalue weighted by Gasteiger charge is 2.44. The summed E-state index contributed by atoms with van der Waals surface area (Å²) in [6.45, 7) is 9.55. The van der Waals surface area contributed by atoms with Crippen molar-refractivity contribution in [1.82, 2.24) is 4.90 Å². The number of hydrogen-bond acceptors (Lipinski definition) is 5. The predicted molar refractivity (Wildman–Crippen MR) is 124 cm³/mol. The van der Waals surface area contributed by atoms with Gasteiger partial charge in [0.25, 0.3) is 5.91 Å². The molecule has 176 valence electrons. The van der Waals surface area contributed by atoms with E-state index in [1.54, 1.807) is 36.4 Å². The van der Waals surface area contributed by atoms with E-state index in [0.717, 1.165) is 19.5 Å². The lowest BCUT2D eigenvalue weighted by Crippen LogP contribution is -3.12. The zero-order valence-corrected chi connectivity index (χ0v) is 19.5. The van der Waals surface area contributed by atoms with Gasteiger partial charge < -0.3 is 24.7 Å². The Morgan fingerprint density at radius 1 is 1.03 bits per heavy atom. The first-order valence-electron chi connectivity index (χ1n) is 11.5. The van der Waals surface area contributed by atoms with Crippen LogP contribution >= 0.6 is 0 Å². The maximum atomic E-state index is 13.4. The maximum absolute atomic E-state index is 13.4. The average molecular weight is 453 g/mol. The molecule has 0 aliphatic carbocycles. The number of hydrogen-bond donors (Lipinski definition) is 2. The Labute approximate surface area is 194 Å². The molecule has 3 rings (SSSR count). The van der Waals surface area contributed by atoms with E-state index in [4.69, 9.17) is 4.74 Å². The van der Waals surface area contributed by atoms with Gasteiger partial charge in [-0.1, -0.05) is 36.9 Å². The number of quaternary nitrogens is 1. The number of nitrogens with zero attached hydrogens (tertiary/aromatic N) is 1. The van der Waals surface area contributed by atoms with Crippen molar-refractivity contribution in [3.8, 4) is 11.5 Å². The zero-order chi connectivity index (χ0) is 24.0. The molecule has 0 saturated carbocycles. The predicted octanol–water partition coefficient (Wildman–Crippen LogP) is 1.33. The summed E-state index contributed by atoms with van der Waals surface area (Å²) in [4.78, 5) is 28.8. The van der Waals surface area contributed by atoms with Gasteiger partial charge in [-0.3, -0.25) is 9.59 Å². The van der Waals surface area contributed by atoms with Crippen molar-refractivity contribution in [3.63, 3.8) is 0 Å². The zero-order valence-electron chi connectivity index (χ0n) is 19.5. The second-order valence-electron chi connectivity index (χ2n) is 8.14. The molecule has 7 heteroatoms. The topological polar surface area (TPSA) is 94.3 Å². The fourth-order valence-electron chi connectivity index (χ4n) is 4.06. The lowest BCUT2D eigenvalue weighted by molar-refractivity contribution is -0.895. The molecule has 1 atom stereocenters. The second-order valence-corrected chi connectivity index (χ2v) is 8.14. The molecule has 1 fully saturated rings. The molecule has 2 N–H and O–H groups in total. The molecular formula is C26H32N2O5. The van der Waals surface area contributed by atoms with Crippen LogP contribution in [0.1, 0.15) is 44.4 Å². The number of Topliss-reactive ketones (excluding diaryl/α,β-unsaturated/α-hetero) is 1. The lowest BCUT2D eigenvalue weighted by atomic mass is 9.95. The number of likely N-dealkylation sites (tertiary alicyclic amines) is 1. The minimum Gasteiger partial charge on any atom is -0.872 e. The summed E-state index contributed by atoms with van der Waals surface area (Å²) >= 11 is 0. The van der Waals surface area contributed by atoms with Crippen LogP contribution in [0.15, 0.2) is 54.1 Å². The van der Waals surface area contributed by atoms with Crippen molar-refractivity contribution >= 4 is 17.4 Å². The number of amides is 1. The number of aromatic hydroxyl groups is 1. The van der Waals surface area contributed by atoms with Gasteiger partial charge in [0.05, 0.1) is 38.8 Å². The Morgan fingerprint density at radius 2 is 1.67 bits per heavy atom. The summed E-state index contributed by atoms with van der Waals surface area (Å²) in [5, 5.41) is 23.2. The van der Waals surface area contributed by atoms with Crippen LogP contribution in [-0.4, -0.2) is 54.5 Å². The highest BCUT2D eigenvalue weighted by atomic mass is 16.5. The van der Waals surface area contributed by atoms with E-state index in [-0.39, 0.29) is 11.3 Å². The Hall–Kier alpha value is -3.32. The second kappa shape index (κ2) is 11.0. The van der Waals surface area contributed by atoms with Gasteiger partial charge in [-0.15, -0.1) is 0 Å². The number of phenolic OH excluding ortho intramolecular Hbond substituents is 1. The molecule has 1 heterocycles. The Bertz CT molecular complexity index is 994. The number of ether oxygens (including phenoxy) is 1. The van der Waals surface area contributed by atoms with Crippen LogP contribution in [-0.2, 0) is 9.59 Å². The molecule has 0 bridgehead atoms. The van der Waals surface area contributed by atoms with Crippen LogP contribution in [0.2, 0.25) is 0 Å². The number of nitrogens with one attached hydrogen (secondary N) is 1. The van der Waals surface area contributed by atoms with Crippen molar-refractivity contribution in [2.24, 2.45) is 0 Å². The third-order valence-electron chi connectivity index (χ3n) is 6.03. The van der Waals surface area contributed by atoms with Gasteiger partial charge >= 0.3 is 0 Å². The highest BCUT2D eigenvalue weighted by molar-refractivity contribution is 6.46. The van der Waals surface area contributed by atoms with Crippen LogP contribution in [0.3, 0.4) is 0 Å². The minimum absolute atomic E-state index is 0.0533. The average Bonchev–Trinajstić information content (AvgIpc) is 3.08. The van der Waals surface area contributed by atoms with Gasteiger partial charge in [-0.25, -0.2) is 0 Å². The highest BCUT2D eigenvalue weighted by Crippen LogP contribution is 2.38. The molecular weight excluding hydrogens is 420 g/mol. The van der Waals surface area contributed by atoms with Gasteiger partial charge in [0.2, 0.25) is 5.78 Å². The summed E-state index contributed by atoms with van der Waals surface area (Å²) in [6, 6.07) is 12.1. The van der Waals surface area contributed by atoms with Gasteiger partial charge in [-0.05, 0) is 55.7 Å². The van der Waals surface area contributed by atoms with Crippen LogP contribution in [0, 0.1) is 0 Å². The first-order valence-corrected chi connectivity index (χ1v) is 11.5. The molecule has 1 aliphatic rings. The molecule has 1 amide bonds. The monoisotopic (exact) mass is 452 g/mol. The van der Waals surface area contributed by atoms with E-state index in [0.29, 0.717) is 36.6 Å². The maximum Gasteiger partial charge on any atom is 0.295 e. The smallest absolute Gasteiger partial charge is 0.295 e. The molecule has 1 aliphatic heterocycles. The molecule has 7 nitrogen and oxygen atoms in total. The molecule has 0 spiro atoms. The minimum atomic E-state index is -0.788.